The second kappa shape index (κ2) is 10.0. The number of hydrogen-bond donors (Lipinski definition) is 2. The minimum Gasteiger partial charge on any atom is -0.352 e. The second-order valence-electron chi connectivity index (χ2n) is 10.8. The minimum absolute atomic E-state index is 0.295. The number of halogens is 1. The summed E-state index contributed by atoms with van der Waals surface area (Å²) in [5, 5.41) is 8.02. The molecule has 2 aliphatic heterocycles. The number of rotatable bonds is 5. The highest BCUT2D eigenvalue weighted by atomic mass is 19.1. The van der Waals surface area contributed by atoms with Gasteiger partial charge in [-0.15, -0.1) is 0 Å². The van der Waals surface area contributed by atoms with Gasteiger partial charge in [-0.3, -0.25) is 15.0 Å². The molecular weight excluding hydrogens is 493 g/mol. The number of anilines is 1. The lowest BCUT2D eigenvalue weighted by Crippen LogP contribution is -2.44. The zero-order chi connectivity index (χ0) is 26.3. The SMILES string of the molecule is CN1CCN(c2nccc3[nH]c(-c4[nH]nc5c(F)cc(-c6cncc(CN7CCCCC7)c6)cc45)nc23)CC1. The van der Waals surface area contributed by atoms with Gasteiger partial charge in [0.15, 0.2) is 17.5 Å². The number of imidazole rings is 1. The zero-order valence-electron chi connectivity index (χ0n) is 22.1. The first-order valence-corrected chi connectivity index (χ1v) is 13.8. The lowest BCUT2D eigenvalue weighted by molar-refractivity contribution is 0.220. The third-order valence-electron chi connectivity index (χ3n) is 8.02. The van der Waals surface area contributed by atoms with Crippen LogP contribution < -0.4 is 4.90 Å². The quantitative estimate of drug-likeness (QED) is 0.350. The molecule has 9 nitrogen and oxygen atoms in total. The number of aromatic nitrogens is 6. The Morgan fingerprint density at radius 1 is 0.923 bits per heavy atom. The molecule has 2 aliphatic rings. The van der Waals surface area contributed by atoms with E-state index in [0.29, 0.717) is 22.4 Å². The molecular formula is C29H32FN9. The topological polar surface area (TPSA) is 92.9 Å². The van der Waals surface area contributed by atoms with Crippen molar-refractivity contribution < 1.29 is 4.39 Å². The van der Waals surface area contributed by atoms with E-state index < -0.39 is 0 Å². The van der Waals surface area contributed by atoms with Crippen LogP contribution in [0.5, 0.6) is 0 Å². The summed E-state index contributed by atoms with van der Waals surface area (Å²) in [6.07, 6.45) is 9.32. The average Bonchev–Trinajstić information content (AvgIpc) is 3.59. The number of aromatic amines is 2. The van der Waals surface area contributed by atoms with Gasteiger partial charge in [-0.05, 0) is 68.4 Å². The summed E-state index contributed by atoms with van der Waals surface area (Å²) in [6.45, 7) is 6.87. The predicted molar refractivity (Wildman–Crippen MR) is 151 cm³/mol. The molecule has 2 saturated heterocycles. The highest BCUT2D eigenvalue weighted by Gasteiger charge is 2.22. The third-order valence-corrected chi connectivity index (χ3v) is 8.02. The summed E-state index contributed by atoms with van der Waals surface area (Å²) in [5.41, 5.74) is 5.46. The summed E-state index contributed by atoms with van der Waals surface area (Å²) in [4.78, 5) is 24.5. The monoisotopic (exact) mass is 525 g/mol. The van der Waals surface area contributed by atoms with Crippen molar-refractivity contribution in [1.82, 2.24) is 39.9 Å². The Hall–Kier alpha value is -3.89. The maximum absolute atomic E-state index is 15.3. The van der Waals surface area contributed by atoms with E-state index >= 15 is 4.39 Å². The van der Waals surface area contributed by atoms with E-state index in [1.807, 2.05) is 24.5 Å². The predicted octanol–water partition coefficient (Wildman–Crippen LogP) is 4.44. The van der Waals surface area contributed by atoms with Gasteiger partial charge in [0, 0.05) is 62.3 Å². The summed E-state index contributed by atoms with van der Waals surface area (Å²) >= 11 is 0. The maximum atomic E-state index is 15.3. The van der Waals surface area contributed by atoms with E-state index in [1.54, 1.807) is 12.3 Å². The van der Waals surface area contributed by atoms with Gasteiger partial charge >= 0.3 is 0 Å². The molecule has 10 heteroatoms. The molecule has 5 aromatic rings. The number of piperidine rings is 1. The van der Waals surface area contributed by atoms with Crippen LogP contribution in [-0.4, -0.2) is 86.2 Å². The van der Waals surface area contributed by atoms with Crippen molar-refractivity contribution in [2.45, 2.75) is 25.8 Å². The molecule has 200 valence electrons. The van der Waals surface area contributed by atoms with Crippen LogP contribution in [-0.2, 0) is 6.54 Å². The van der Waals surface area contributed by atoms with Crippen LogP contribution in [0.15, 0.2) is 42.9 Å². The van der Waals surface area contributed by atoms with Gasteiger partial charge in [0.05, 0.1) is 5.52 Å². The molecule has 1 aromatic carbocycles. The minimum atomic E-state index is -0.373. The number of pyridine rings is 2. The first-order valence-electron chi connectivity index (χ1n) is 13.8. The molecule has 0 aliphatic carbocycles. The molecule has 6 heterocycles. The Balaban J connectivity index is 1.25. The molecule has 0 radical (unpaired) electrons. The molecule has 0 unspecified atom stereocenters. The fraction of sp³-hybridized carbons (Fsp3) is 0.379. The number of likely N-dealkylation sites (tertiary alicyclic amines) is 1. The van der Waals surface area contributed by atoms with E-state index in [2.05, 4.69) is 53.0 Å². The molecule has 7 rings (SSSR count). The molecule has 2 N–H and O–H groups in total. The molecule has 0 bridgehead atoms. The lowest BCUT2D eigenvalue weighted by Gasteiger charge is -2.33. The third kappa shape index (κ3) is 4.63. The van der Waals surface area contributed by atoms with Crippen LogP contribution in [0, 0.1) is 5.82 Å². The normalized spacial score (nSPS) is 17.4. The van der Waals surface area contributed by atoms with E-state index in [1.165, 1.54) is 19.3 Å². The van der Waals surface area contributed by atoms with Crippen molar-refractivity contribution in [3.8, 4) is 22.6 Å². The Kier molecular flexibility index (Phi) is 6.21. The number of H-pyrrole nitrogens is 2. The van der Waals surface area contributed by atoms with Crippen molar-refractivity contribution in [2.75, 3.05) is 51.2 Å². The van der Waals surface area contributed by atoms with Gasteiger partial charge < -0.3 is 14.8 Å². The number of benzene rings is 1. The molecule has 4 aromatic heterocycles. The second-order valence-corrected chi connectivity index (χ2v) is 10.8. The number of likely N-dealkylation sites (N-methyl/N-ethyl adjacent to an activating group) is 1. The first kappa shape index (κ1) is 24.2. The van der Waals surface area contributed by atoms with Crippen molar-refractivity contribution in [2.24, 2.45) is 0 Å². The Labute approximate surface area is 226 Å². The zero-order valence-corrected chi connectivity index (χ0v) is 22.1. The highest BCUT2D eigenvalue weighted by molar-refractivity contribution is 5.97. The number of piperazine rings is 1. The maximum Gasteiger partial charge on any atom is 0.157 e. The summed E-state index contributed by atoms with van der Waals surface area (Å²) in [5.74, 6) is 1.11. The van der Waals surface area contributed by atoms with Crippen LogP contribution >= 0.6 is 0 Å². The van der Waals surface area contributed by atoms with E-state index in [0.717, 1.165) is 79.4 Å². The van der Waals surface area contributed by atoms with Crippen molar-refractivity contribution >= 4 is 27.8 Å². The Bertz CT molecular complexity index is 1630. The standard InChI is InChI=1S/C29H32FN9/c1-37-9-11-39(12-10-37)29-27-24(5-6-32-29)33-28(34-27)26-22-14-20(15-23(30)25(22)35-36-26)21-13-19(16-31-17-21)18-38-7-3-2-4-8-38/h5-6,13-17H,2-4,7-12,18H2,1H3,(H,33,34)(H,35,36). The van der Waals surface area contributed by atoms with E-state index in [-0.39, 0.29) is 5.82 Å². The van der Waals surface area contributed by atoms with Crippen LogP contribution in [0.3, 0.4) is 0 Å². The van der Waals surface area contributed by atoms with Gasteiger partial charge in [0.2, 0.25) is 0 Å². The van der Waals surface area contributed by atoms with E-state index in [4.69, 9.17) is 4.98 Å². The number of nitrogens with zero attached hydrogens (tertiary/aromatic N) is 7. The molecule has 39 heavy (non-hydrogen) atoms. The fourth-order valence-corrected chi connectivity index (χ4v) is 5.82. The summed E-state index contributed by atoms with van der Waals surface area (Å²) < 4.78 is 15.3. The molecule has 2 fully saturated rings. The molecule has 0 saturated carbocycles. The fourth-order valence-electron chi connectivity index (χ4n) is 5.82. The van der Waals surface area contributed by atoms with Gasteiger partial charge in [0.1, 0.15) is 16.7 Å². The van der Waals surface area contributed by atoms with E-state index in [9.17, 15) is 0 Å². The molecule has 0 amide bonds. The first-order chi connectivity index (χ1) is 19.1. The largest absolute Gasteiger partial charge is 0.352 e. The number of hydrogen-bond acceptors (Lipinski definition) is 7. The molecule has 0 atom stereocenters. The van der Waals surface area contributed by atoms with Crippen molar-refractivity contribution in [1.29, 1.82) is 0 Å². The smallest absolute Gasteiger partial charge is 0.157 e. The van der Waals surface area contributed by atoms with Crippen molar-refractivity contribution in [3.05, 3.63) is 54.2 Å². The van der Waals surface area contributed by atoms with Crippen LogP contribution in [0.1, 0.15) is 24.8 Å². The number of nitrogens with one attached hydrogen (secondary N) is 2. The van der Waals surface area contributed by atoms with Crippen molar-refractivity contribution in [3.63, 3.8) is 0 Å². The summed E-state index contributed by atoms with van der Waals surface area (Å²) in [6, 6.07) is 7.57. The van der Waals surface area contributed by atoms with Gasteiger partial charge in [-0.25, -0.2) is 14.4 Å². The van der Waals surface area contributed by atoms with Gasteiger partial charge in [-0.1, -0.05) is 6.42 Å². The van der Waals surface area contributed by atoms with Crippen LogP contribution in [0.4, 0.5) is 10.2 Å². The molecule has 0 spiro atoms. The summed E-state index contributed by atoms with van der Waals surface area (Å²) in [7, 11) is 2.13. The van der Waals surface area contributed by atoms with Crippen LogP contribution in [0.25, 0.3) is 44.6 Å². The lowest BCUT2D eigenvalue weighted by atomic mass is 10.0. The Morgan fingerprint density at radius 3 is 2.62 bits per heavy atom. The number of fused-ring (bicyclic) bond motifs is 2. The Morgan fingerprint density at radius 2 is 1.77 bits per heavy atom. The van der Waals surface area contributed by atoms with Gasteiger partial charge in [-0.2, -0.15) is 5.10 Å². The van der Waals surface area contributed by atoms with Gasteiger partial charge in [0.25, 0.3) is 0 Å². The van der Waals surface area contributed by atoms with Crippen LogP contribution in [0.2, 0.25) is 0 Å². The average molecular weight is 526 g/mol. The highest BCUT2D eigenvalue weighted by Crippen LogP contribution is 2.33.